The Labute approximate surface area is 223 Å². The van der Waals surface area contributed by atoms with Gasteiger partial charge in [0.15, 0.2) is 5.78 Å². The summed E-state index contributed by atoms with van der Waals surface area (Å²) in [6.45, 7) is 9.56. The first-order valence-corrected chi connectivity index (χ1v) is 14.8. The maximum atomic E-state index is 14.0. The SMILES string of the molecule is CC=C1C(=O)[C@@H]2[C@H](CC[C@]3(C)[C@@H](C(C)CCC(=O)OCc4ccccc4)CC[C@@H]23)[C@@]2(C)CC[C@@H](O)C[C@@H]12. The minimum Gasteiger partial charge on any atom is -0.461 e. The van der Waals surface area contributed by atoms with Gasteiger partial charge in [0.05, 0.1) is 6.10 Å². The molecule has 37 heavy (non-hydrogen) atoms. The highest BCUT2D eigenvalue weighted by Gasteiger charge is 2.64. The number of ketones is 1. The average Bonchev–Trinajstić information content (AvgIpc) is 3.25. The number of Topliss-reactive ketones (excluding diaryl/α,β-unsaturated/α-hetero) is 1. The second-order valence-corrected chi connectivity index (χ2v) is 13.2. The van der Waals surface area contributed by atoms with E-state index < -0.39 is 0 Å². The van der Waals surface area contributed by atoms with Gasteiger partial charge < -0.3 is 9.84 Å². The fourth-order valence-electron chi connectivity index (χ4n) is 9.52. The van der Waals surface area contributed by atoms with Crippen molar-refractivity contribution in [2.75, 3.05) is 0 Å². The number of aliphatic hydroxyl groups is 1. The molecule has 0 radical (unpaired) electrons. The van der Waals surface area contributed by atoms with E-state index in [2.05, 4.69) is 26.8 Å². The largest absolute Gasteiger partial charge is 0.461 e. The minimum atomic E-state index is -0.276. The molecule has 0 heterocycles. The fraction of sp³-hybridized carbons (Fsp3) is 0.697. The van der Waals surface area contributed by atoms with Crippen molar-refractivity contribution in [3.05, 3.63) is 47.5 Å². The van der Waals surface area contributed by atoms with E-state index in [0.717, 1.165) is 56.1 Å². The zero-order valence-corrected chi connectivity index (χ0v) is 23.2. The number of rotatable bonds is 6. The maximum absolute atomic E-state index is 14.0. The first-order valence-electron chi connectivity index (χ1n) is 14.8. The van der Waals surface area contributed by atoms with Gasteiger partial charge in [0.1, 0.15) is 6.61 Å². The Hall–Kier alpha value is -1.94. The zero-order valence-electron chi connectivity index (χ0n) is 23.2. The van der Waals surface area contributed by atoms with Gasteiger partial charge in [0, 0.05) is 12.3 Å². The van der Waals surface area contributed by atoms with Crippen molar-refractivity contribution in [2.24, 2.45) is 46.3 Å². The van der Waals surface area contributed by atoms with Crippen molar-refractivity contribution < 1.29 is 19.4 Å². The van der Waals surface area contributed by atoms with Crippen LogP contribution in [0, 0.1) is 46.3 Å². The molecule has 4 saturated carbocycles. The van der Waals surface area contributed by atoms with Crippen LogP contribution in [0.1, 0.15) is 91.0 Å². The maximum Gasteiger partial charge on any atom is 0.306 e. The molecule has 1 unspecified atom stereocenters. The molecule has 9 atom stereocenters. The van der Waals surface area contributed by atoms with Gasteiger partial charge in [0.2, 0.25) is 0 Å². The van der Waals surface area contributed by atoms with E-state index in [1.165, 1.54) is 6.42 Å². The van der Waals surface area contributed by atoms with Crippen molar-refractivity contribution in [1.29, 1.82) is 0 Å². The lowest BCUT2D eigenvalue weighted by Crippen LogP contribution is -2.58. The van der Waals surface area contributed by atoms with Crippen LogP contribution in [-0.2, 0) is 20.9 Å². The highest BCUT2D eigenvalue weighted by molar-refractivity contribution is 5.99. The smallest absolute Gasteiger partial charge is 0.306 e. The number of carbonyl (C=O) groups excluding carboxylic acids is 2. The van der Waals surface area contributed by atoms with Crippen LogP contribution in [-0.4, -0.2) is 23.0 Å². The molecule has 0 amide bonds. The molecule has 202 valence electrons. The van der Waals surface area contributed by atoms with Crippen molar-refractivity contribution in [2.45, 2.75) is 98.2 Å². The molecule has 1 N–H and O–H groups in total. The van der Waals surface area contributed by atoms with Crippen LogP contribution in [0.15, 0.2) is 42.0 Å². The molecular formula is C33H46O4. The number of ether oxygens (including phenoxy) is 1. The highest BCUT2D eigenvalue weighted by Crippen LogP contribution is 2.68. The number of esters is 1. The Morgan fingerprint density at radius 3 is 2.51 bits per heavy atom. The summed E-state index contributed by atoms with van der Waals surface area (Å²) in [7, 11) is 0. The number of hydrogen-bond donors (Lipinski definition) is 1. The van der Waals surface area contributed by atoms with E-state index in [9.17, 15) is 14.7 Å². The summed E-state index contributed by atoms with van der Waals surface area (Å²) in [4.78, 5) is 26.5. The minimum absolute atomic E-state index is 0.113. The van der Waals surface area contributed by atoms with Gasteiger partial charge in [-0.2, -0.15) is 0 Å². The monoisotopic (exact) mass is 506 g/mol. The van der Waals surface area contributed by atoms with Gasteiger partial charge in [-0.05, 0) is 110 Å². The van der Waals surface area contributed by atoms with Crippen LogP contribution in [0.5, 0.6) is 0 Å². The molecule has 4 aliphatic rings. The summed E-state index contributed by atoms with van der Waals surface area (Å²) in [6, 6.07) is 9.86. The lowest BCUT2D eigenvalue weighted by atomic mass is 9.43. The summed E-state index contributed by atoms with van der Waals surface area (Å²) in [5.41, 5.74) is 2.30. The first kappa shape index (κ1) is 26.7. The third kappa shape index (κ3) is 4.62. The number of hydrogen-bond acceptors (Lipinski definition) is 4. The predicted molar refractivity (Wildman–Crippen MR) is 145 cm³/mol. The van der Waals surface area contributed by atoms with Crippen LogP contribution in [0.4, 0.5) is 0 Å². The number of aliphatic hydroxyl groups excluding tert-OH is 1. The van der Waals surface area contributed by atoms with Crippen molar-refractivity contribution in [1.82, 2.24) is 0 Å². The lowest BCUT2D eigenvalue weighted by molar-refractivity contribution is -0.150. The van der Waals surface area contributed by atoms with Crippen LogP contribution in [0.2, 0.25) is 0 Å². The highest BCUT2D eigenvalue weighted by atomic mass is 16.5. The molecular weight excluding hydrogens is 460 g/mol. The number of benzene rings is 1. The molecule has 5 rings (SSSR count). The second kappa shape index (κ2) is 10.3. The summed E-state index contributed by atoms with van der Waals surface area (Å²) in [5, 5.41) is 10.5. The normalized spacial score (nSPS) is 41.0. The molecule has 0 bridgehead atoms. The summed E-state index contributed by atoms with van der Waals surface area (Å²) in [6.07, 6.45) is 10.3. The van der Waals surface area contributed by atoms with Crippen LogP contribution >= 0.6 is 0 Å². The first-order chi connectivity index (χ1) is 17.7. The number of fused-ring (bicyclic) bond motifs is 5. The number of carbonyl (C=O) groups is 2. The van der Waals surface area contributed by atoms with Gasteiger partial charge in [-0.1, -0.05) is 57.2 Å². The number of allylic oxidation sites excluding steroid dienone is 2. The van der Waals surface area contributed by atoms with E-state index in [1.807, 2.05) is 37.3 Å². The third-order valence-electron chi connectivity index (χ3n) is 11.5. The van der Waals surface area contributed by atoms with Gasteiger partial charge in [-0.25, -0.2) is 0 Å². The van der Waals surface area contributed by atoms with Crippen molar-refractivity contribution >= 4 is 11.8 Å². The Kier molecular flexibility index (Phi) is 7.44. The van der Waals surface area contributed by atoms with Crippen molar-refractivity contribution in [3.63, 3.8) is 0 Å². The lowest BCUT2D eigenvalue weighted by Gasteiger charge is -2.61. The second-order valence-electron chi connectivity index (χ2n) is 13.2. The van der Waals surface area contributed by atoms with Crippen molar-refractivity contribution in [3.8, 4) is 0 Å². The zero-order chi connectivity index (χ0) is 26.4. The third-order valence-corrected chi connectivity index (χ3v) is 11.5. The molecule has 0 aliphatic heterocycles. The molecule has 4 fully saturated rings. The molecule has 1 aromatic carbocycles. The fourth-order valence-corrected chi connectivity index (χ4v) is 9.52. The van der Waals surface area contributed by atoms with Gasteiger partial charge in [-0.15, -0.1) is 0 Å². The molecule has 0 saturated heterocycles. The summed E-state index contributed by atoms with van der Waals surface area (Å²) < 4.78 is 5.54. The summed E-state index contributed by atoms with van der Waals surface area (Å²) in [5.74, 6) is 2.43. The van der Waals surface area contributed by atoms with Gasteiger partial charge in [-0.3, -0.25) is 9.59 Å². The Balaban J connectivity index is 1.27. The Morgan fingerprint density at radius 1 is 1.08 bits per heavy atom. The molecule has 4 aliphatic carbocycles. The van der Waals surface area contributed by atoms with Crippen LogP contribution < -0.4 is 0 Å². The molecule has 0 spiro atoms. The Bertz CT molecular complexity index is 1030. The van der Waals surface area contributed by atoms with Crippen LogP contribution in [0.25, 0.3) is 0 Å². The average molecular weight is 507 g/mol. The van der Waals surface area contributed by atoms with E-state index in [1.54, 1.807) is 0 Å². The predicted octanol–water partition coefficient (Wildman–Crippen LogP) is 6.90. The quantitative estimate of drug-likeness (QED) is 0.337. The topological polar surface area (TPSA) is 63.6 Å². The standard InChI is InChI=1S/C33H46O4/c1-5-24-28-19-23(34)15-17-33(28,4)27-16-18-32(3)25(12-13-26(32)30(27)31(24)36)21(2)11-14-29(35)37-20-22-9-7-6-8-10-22/h5-10,21,23,25-28,30,34H,11-20H2,1-4H3/t21?,23-,25-,26+,27+,28+,30+,32-,33-/m1/s1. The van der Waals surface area contributed by atoms with E-state index in [4.69, 9.17) is 4.74 Å². The molecule has 1 aromatic rings. The van der Waals surface area contributed by atoms with Crippen LogP contribution in [0.3, 0.4) is 0 Å². The van der Waals surface area contributed by atoms with E-state index >= 15 is 0 Å². The molecule has 4 nitrogen and oxygen atoms in total. The molecule has 0 aromatic heterocycles. The van der Waals surface area contributed by atoms with Gasteiger partial charge >= 0.3 is 5.97 Å². The molecule has 4 heteroatoms. The van der Waals surface area contributed by atoms with Gasteiger partial charge in [0.25, 0.3) is 0 Å². The Morgan fingerprint density at radius 2 is 1.78 bits per heavy atom. The van der Waals surface area contributed by atoms with E-state index in [-0.39, 0.29) is 34.7 Å². The summed E-state index contributed by atoms with van der Waals surface area (Å²) >= 11 is 0. The van der Waals surface area contributed by atoms with E-state index in [0.29, 0.717) is 42.5 Å².